The minimum atomic E-state index is -0.554. The molecule has 0 fully saturated rings. The molecule has 12 heavy (non-hydrogen) atoms. The molecule has 0 bridgehead atoms. The van der Waals surface area contributed by atoms with E-state index in [9.17, 15) is 0 Å². The van der Waals surface area contributed by atoms with E-state index in [1.165, 1.54) is 5.56 Å². The summed E-state index contributed by atoms with van der Waals surface area (Å²) < 4.78 is -0.554. The van der Waals surface area contributed by atoms with Gasteiger partial charge in [-0.1, -0.05) is 37.3 Å². The van der Waals surface area contributed by atoms with Crippen LogP contribution in [0.2, 0.25) is 0 Å². The Balaban J connectivity index is 2.86. The minimum Gasteiger partial charge on any atom is -0.106 e. The molecule has 66 valence electrons. The summed E-state index contributed by atoms with van der Waals surface area (Å²) in [5.74, 6) is 0.216. The van der Waals surface area contributed by atoms with Crippen LogP contribution in [0.15, 0.2) is 30.3 Å². The maximum atomic E-state index is 6.05. The first-order chi connectivity index (χ1) is 5.52. The average molecular weight is 219 g/mol. The van der Waals surface area contributed by atoms with Crippen molar-refractivity contribution in [2.75, 3.05) is 0 Å². The first kappa shape index (κ1) is 10.1. The SMILES string of the molecule is CC(c1ccccc1)C([SiH3])(Cl)Cl. The Morgan fingerprint density at radius 3 is 2.17 bits per heavy atom. The summed E-state index contributed by atoms with van der Waals surface area (Å²) in [5, 5.41) is 0. The molecule has 0 heterocycles. The summed E-state index contributed by atoms with van der Waals surface area (Å²) in [7, 11) is 0.778. The highest BCUT2D eigenvalue weighted by molar-refractivity contribution is 6.65. The lowest BCUT2D eigenvalue weighted by molar-refractivity contribution is 0.788. The topological polar surface area (TPSA) is 0 Å². The van der Waals surface area contributed by atoms with E-state index in [-0.39, 0.29) is 5.92 Å². The molecule has 0 aliphatic heterocycles. The fraction of sp³-hybridized carbons (Fsp3) is 0.333. The first-order valence-corrected chi connectivity index (χ1v) is 5.70. The number of hydrogen-bond acceptors (Lipinski definition) is 0. The monoisotopic (exact) mass is 218 g/mol. The van der Waals surface area contributed by atoms with E-state index >= 15 is 0 Å². The van der Waals surface area contributed by atoms with Crippen LogP contribution < -0.4 is 0 Å². The van der Waals surface area contributed by atoms with Crippen LogP contribution in [0, 0.1) is 0 Å². The van der Waals surface area contributed by atoms with Gasteiger partial charge in [-0.25, -0.2) is 0 Å². The Labute approximate surface area is 86.3 Å². The van der Waals surface area contributed by atoms with E-state index in [4.69, 9.17) is 23.2 Å². The number of halogens is 2. The predicted molar refractivity (Wildman–Crippen MR) is 59.2 cm³/mol. The Bertz CT molecular complexity index is 240. The quantitative estimate of drug-likeness (QED) is 0.528. The van der Waals surface area contributed by atoms with Crippen LogP contribution in [-0.4, -0.2) is 14.2 Å². The molecule has 1 rings (SSSR count). The molecule has 1 aromatic carbocycles. The molecule has 1 atom stereocenters. The standard InChI is InChI=1S/C9H12Cl2Si/c1-7(9(10,11)12)8-5-3-2-4-6-8/h2-7H,1,12H3. The summed E-state index contributed by atoms with van der Waals surface area (Å²) in [6.07, 6.45) is 0. The Morgan fingerprint density at radius 2 is 1.75 bits per heavy atom. The Kier molecular flexibility index (Phi) is 3.21. The van der Waals surface area contributed by atoms with Crippen LogP contribution in [0.1, 0.15) is 18.4 Å². The fourth-order valence-corrected chi connectivity index (χ4v) is 1.62. The molecule has 0 radical (unpaired) electrons. The van der Waals surface area contributed by atoms with Gasteiger partial charge in [0.25, 0.3) is 0 Å². The summed E-state index contributed by atoms with van der Waals surface area (Å²) >= 11 is 12.1. The smallest absolute Gasteiger partial charge is 0.104 e. The molecule has 0 spiro atoms. The van der Waals surface area contributed by atoms with Gasteiger partial charge < -0.3 is 0 Å². The number of rotatable bonds is 2. The Hall–Kier alpha value is 0.0169. The van der Waals surface area contributed by atoms with E-state index in [1.807, 2.05) is 18.2 Å². The van der Waals surface area contributed by atoms with E-state index in [2.05, 4.69) is 19.1 Å². The van der Waals surface area contributed by atoms with Crippen LogP contribution in [-0.2, 0) is 0 Å². The van der Waals surface area contributed by atoms with Gasteiger partial charge in [-0.2, -0.15) is 0 Å². The van der Waals surface area contributed by atoms with Gasteiger partial charge in [0.15, 0.2) is 0 Å². The highest BCUT2D eigenvalue weighted by Crippen LogP contribution is 2.34. The fourth-order valence-electron chi connectivity index (χ4n) is 1.03. The van der Waals surface area contributed by atoms with Crippen molar-refractivity contribution >= 4 is 33.4 Å². The van der Waals surface area contributed by atoms with Crippen molar-refractivity contribution in [1.29, 1.82) is 0 Å². The molecule has 0 aliphatic carbocycles. The van der Waals surface area contributed by atoms with Crippen molar-refractivity contribution in [2.24, 2.45) is 0 Å². The summed E-state index contributed by atoms with van der Waals surface area (Å²) in [6, 6.07) is 10.1. The third kappa shape index (κ3) is 2.51. The van der Waals surface area contributed by atoms with Crippen LogP contribution in [0.5, 0.6) is 0 Å². The van der Waals surface area contributed by atoms with Crippen LogP contribution in [0.25, 0.3) is 0 Å². The van der Waals surface area contributed by atoms with E-state index in [1.54, 1.807) is 0 Å². The largest absolute Gasteiger partial charge is 0.106 e. The third-order valence-corrected chi connectivity index (χ3v) is 3.58. The van der Waals surface area contributed by atoms with E-state index in [0.717, 1.165) is 10.2 Å². The van der Waals surface area contributed by atoms with Gasteiger partial charge in [-0.05, 0) is 5.56 Å². The lowest BCUT2D eigenvalue weighted by atomic mass is 10.0. The van der Waals surface area contributed by atoms with Crippen molar-refractivity contribution in [1.82, 2.24) is 0 Å². The van der Waals surface area contributed by atoms with E-state index in [0.29, 0.717) is 0 Å². The molecule has 0 aliphatic rings. The van der Waals surface area contributed by atoms with Gasteiger partial charge in [0.05, 0.1) is 0 Å². The van der Waals surface area contributed by atoms with Crippen molar-refractivity contribution in [2.45, 2.75) is 16.8 Å². The zero-order valence-corrected chi connectivity index (χ0v) is 10.7. The molecular weight excluding hydrogens is 207 g/mol. The minimum absolute atomic E-state index is 0.216. The number of alkyl halides is 2. The van der Waals surface area contributed by atoms with Crippen molar-refractivity contribution in [3.63, 3.8) is 0 Å². The number of benzene rings is 1. The molecule has 0 saturated carbocycles. The van der Waals surface area contributed by atoms with Crippen molar-refractivity contribution in [3.8, 4) is 0 Å². The van der Waals surface area contributed by atoms with Crippen LogP contribution in [0.3, 0.4) is 0 Å². The van der Waals surface area contributed by atoms with Crippen molar-refractivity contribution in [3.05, 3.63) is 35.9 Å². The van der Waals surface area contributed by atoms with Gasteiger partial charge in [0.2, 0.25) is 0 Å². The highest BCUT2D eigenvalue weighted by atomic mass is 35.5. The molecule has 0 aromatic heterocycles. The molecular formula is C9H12Cl2Si. The van der Waals surface area contributed by atoms with Gasteiger partial charge in [-0.15, -0.1) is 23.2 Å². The summed E-state index contributed by atoms with van der Waals surface area (Å²) in [6.45, 7) is 2.06. The maximum absolute atomic E-state index is 6.05. The Morgan fingerprint density at radius 1 is 1.25 bits per heavy atom. The van der Waals surface area contributed by atoms with Crippen LogP contribution in [0.4, 0.5) is 0 Å². The first-order valence-electron chi connectivity index (χ1n) is 3.94. The molecule has 0 saturated heterocycles. The molecule has 1 aromatic rings. The average Bonchev–Trinajstić information content (AvgIpc) is 2.03. The molecule has 0 nitrogen and oxygen atoms in total. The summed E-state index contributed by atoms with van der Waals surface area (Å²) in [4.78, 5) is 0. The third-order valence-electron chi connectivity index (χ3n) is 2.06. The zero-order chi connectivity index (χ0) is 9.19. The van der Waals surface area contributed by atoms with Crippen molar-refractivity contribution < 1.29 is 0 Å². The maximum Gasteiger partial charge on any atom is 0.104 e. The molecule has 0 amide bonds. The zero-order valence-electron chi connectivity index (χ0n) is 7.22. The lowest BCUT2D eigenvalue weighted by Crippen LogP contribution is -2.21. The second kappa shape index (κ2) is 3.82. The normalized spacial score (nSPS) is 14.6. The van der Waals surface area contributed by atoms with Gasteiger partial charge >= 0.3 is 0 Å². The highest BCUT2D eigenvalue weighted by Gasteiger charge is 2.26. The second-order valence-electron chi connectivity index (χ2n) is 3.09. The number of hydrogen-bond donors (Lipinski definition) is 0. The lowest BCUT2D eigenvalue weighted by Gasteiger charge is -2.22. The van der Waals surface area contributed by atoms with Gasteiger partial charge in [0.1, 0.15) is 3.96 Å². The summed E-state index contributed by atoms with van der Waals surface area (Å²) in [5.41, 5.74) is 1.21. The van der Waals surface area contributed by atoms with E-state index < -0.39 is 3.96 Å². The predicted octanol–water partition coefficient (Wildman–Crippen LogP) is 2.29. The molecule has 0 N–H and O–H groups in total. The van der Waals surface area contributed by atoms with Gasteiger partial charge in [-0.3, -0.25) is 0 Å². The molecule has 1 unspecified atom stereocenters. The second-order valence-corrected chi connectivity index (χ2v) is 7.70. The van der Waals surface area contributed by atoms with Crippen LogP contribution >= 0.6 is 23.2 Å². The molecule has 3 heteroatoms. The van der Waals surface area contributed by atoms with Gasteiger partial charge in [0, 0.05) is 16.2 Å².